The van der Waals surface area contributed by atoms with Crippen molar-refractivity contribution in [1.29, 1.82) is 0 Å². The van der Waals surface area contributed by atoms with E-state index in [-0.39, 0.29) is 0 Å². The minimum absolute atomic E-state index is 0.494. The Balaban J connectivity index is 1.79. The number of hydrogen-bond acceptors (Lipinski definition) is 3. The van der Waals surface area contributed by atoms with Gasteiger partial charge >= 0.3 is 0 Å². The minimum Gasteiger partial charge on any atom is -0.377 e. The summed E-state index contributed by atoms with van der Waals surface area (Å²) in [5, 5.41) is 3.64. The molecule has 0 radical (unpaired) electrons. The summed E-state index contributed by atoms with van der Waals surface area (Å²) in [7, 11) is 0. The Kier molecular flexibility index (Phi) is 6.62. The van der Waals surface area contributed by atoms with E-state index in [0.717, 1.165) is 31.7 Å². The van der Waals surface area contributed by atoms with Gasteiger partial charge in [-0.1, -0.05) is 20.3 Å². The predicted molar refractivity (Wildman–Crippen MR) is 80.6 cm³/mol. The highest BCUT2D eigenvalue weighted by Gasteiger charge is 2.30. The van der Waals surface area contributed by atoms with E-state index in [0.29, 0.717) is 6.10 Å². The Morgan fingerprint density at radius 2 is 2.05 bits per heavy atom. The fourth-order valence-corrected chi connectivity index (χ4v) is 3.69. The van der Waals surface area contributed by atoms with Crippen molar-refractivity contribution < 1.29 is 4.74 Å². The van der Waals surface area contributed by atoms with Gasteiger partial charge in [-0.2, -0.15) is 0 Å². The lowest BCUT2D eigenvalue weighted by Crippen LogP contribution is -2.49. The molecule has 2 rings (SSSR count). The van der Waals surface area contributed by atoms with Gasteiger partial charge in [0.2, 0.25) is 0 Å². The Bertz CT molecular complexity index is 245. The molecule has 1 saturated heterocycles. The van der Waals surface area contributed by atoms with Crippen LogP contribution in [0.3, 0.4) is 0 Å². The number of likely N-dealkylation sites (tertiary alicyclic amines) is 1. The van der Waals surface area contributed by atoms with E-state index in [1.165, 1.54) is 51.6 Å². The van der Waals surface area contributed by atoms with Crippen molar-refractivity contribution in [3.05, 3.63) is 0 Å². The molecule has 0 spiro atoms. The fraction of sp³-hybridized carbons (Fsp3) is 1.00. The predicted octanol–water partition coefficient (Wildman–Crippen LogP) is 2.80. The molecule has 1 saturated carbocycles. The fourth-order valence-electron chi connectivity index (χ4n) is 3.69. The first-order chi connectivity index (χ1) is 9.33. The van der Waals surface area contributed by atoms with Gasteiger partial charge in [-0.25, -0.2) is 0 Å². The van der Waals surface area contributed by atoms with E-state index in [1.54, 1.807) is 0 Å². The molecule has 1 aliphatic carbocycles. The molecular weight excluding hydrogens is 236 g/mol. The summed E-state index contributed by atoms with van der Waals surface area (Å²) in [6.45, 7) is 8.92. The SMILES string of the molecule is CCCOC1CCCN(C2CCCC(NCC)C2)C1. The molecule has 3 nitrogen and oxygen atoms in total. The maximum atomic E-state index is 5.97. The summed E-state index contributed by atoms with van der Waals surface area (Å²) in [5.74, 6) is 0. The third-order valence-corrected chi connectivity index (χ3v) is 4.62. The van der Waals surface area contributed by atoms with Crippen LogP contribution < -0.4 is 5.32 Å². The van der Waals surface area contributed by atoms with Crippen LogP contribution in [0.25, 0.3) is 0 Å². The van der Waals surface area contributed by atoms with E-state index in [9.17, 15) is 0 Å². The molecule has 19 heavy (non-hydrogen) atoms. The lowest BCUT2D eigenvalue weighted by atomic mass is 9.88. The van der Waals surface area contributed by atoms with Gasteiger partial charge in [0.1, 0.15) is 0 Å². The summed E-state index contributed by atoms with van der Waals surface area (Å²) in [5.41, 5.74) is 0. The molecular formula is C16H32N2O. The van der Waals surface area contributed by atoms with E-state index in [4.69, 9.17) is 4.74 Å². The molecule has 1 heterocycles. The highest BCUT2D eigenvalue weighted by Crippen LogP contribution is 2.26. The van der Waals surface area contributed by atoms with Crippen molar-refractivity contribution in [2.24, 2.45) is 0 Å². The monoisotopic (exact) mass is 268 g/mol. The van der Waals surface area contributed by atoms with Crippen molar-refractivity contribution >= 4 is 0 Å². The van der Waals surface area contributed by atoms with Gasteiger partial charge in [0.25, 0.3) is 0 Å². The molecule has 0 aromatic rings. The van der Waals surface area contributed by atoms with E-state index in [1.807, 2.05) is 0 Å². The van der Waals surface area contributed by atoms with E-state index in [2.05, 4.69) is 24.1 Å². The molecule has 1 aliphatic heterocycles. The van der Waals surface area contributed by atoms with Crippen LogP contribution in [0.2, 0.25) is 0 Å². The Morgan fingerprint density at radius 3 is 2.84 bits per heavy atom. The standard InChI is InChI=1S/C16H32N2O/c1-3-11-19-16-9-6-10-18(13-16)15-8-5-7-14(12-15)17-4-2/h14-17H,3-13H2,1-2H3. The first-order valence-corrected chi connectivity index (χ1v) is 8.42. The largest absolute Gasteiger partial charge is 0.377 e. The van der Waals surface area contributed by atoms with Crippen LogP contribution in [0.5, 0.6) is 0 Å². The van der Waals surface area contributed by atoms with Crippen LogP contribution in [-0.4, -0.2) is 49.3 Å². The molecule has 3 heteroatoms. The zero-order valence-corrected chi connectivity index (χ0v) is 12.9. The molecule has 3 atom stereocenters. The van der Waals surface area contributed by atoms with Gasteiger partial charge in [0.05, 0.1) is 6.10 Å². The molecule has 112 valence electrons. The zero-order valence-electron chi connectivity index (χ0n) is 12.9. The van der Waals surface area contributed by atoms with Crippen molar-refractivity contribution in [3.63, 3.8) is 0 Å². The zero-order chi connectivity index (χ0) is 13.5. The maximum Gasteiger partial charge on any atom is 0.0702 e. The highest BCUT2D eigenvalue weighted by molar-refractivity contribution is 4.86. The highest BCUT2D eigenvalue weighted by atomic mass is 16.5. The van der Waals surface area contributed by atoms with Crippen molar-refractivity contribution in [3.8, 4) is 0 Å². The summed E-state index contributed by atoms with van der Waals surface area (Å²) >= 11 is 0. The lowest BCUT2D eigenvalue weighted by molar-refractivity contribution is -0.0189. The molecule has 1 N–H and O–H groups in total. The minimum atomic E-state index is 0.494. The van der Waals surface area contributed by atoms with Crippen LogP contribution in [-0.2, 0) is 4.74 Å². The second-order valence-electron chi connectivity index (χ2n) is 6.20. The molecule has 0 aromatic carbocycles. The van der Waals surface area contributed by atoms with Crippen LogP contribution >= 0.6 is 0 Å². The van der Waals surface area contributed by atoms with Crippen LogP contribution in [0.4, 0.5) is 0 Å². The normalized spacial score (nSPS) is 33.5. The van der Waals surface area contributed by atoms with Gasteiger partial charge in [-0.3, -0.25) is 4.90 Å². The topological polar surface area (TPSA) is 24.5 Å². The number of ether oxygens (including phenoxy) is 1. The first kappa shape index (κ1) is 15.3. The van der Waals surface area contributed by atoms with Crippen LogP contribution in [0.15, 0.2) is 0 Å². The van der Waals surface area contributed by atoms with Gasteiger partial charge < -0.3 is 10.1 Å². The second-order valence-corrected chi connectivity index (χ2v) is 6.20. The number of nitrogens with zero attached hydrogens (tertiary/aromatic N) is 1. The molecule has 0 bridgehead atoms. The quantitative estimate of drug-likeness (QED) is 0.801. The van der Waals surface area contributed by atoms with Crippen LogP contribution in [0.1, 0.15) is 58.8 Å². The van der Waals surface area contributed by atoms with Crippen molar-refractivity contribution in [1.82, 2.24) is 10.2 Å². The molecule has 0 amide bonds. The van der Waals surface area contributed by atoms with Gasteiger partial charge in [-0.05, 0) is 51.6 Å². The average Bonchev–Trinajstić information content (AvgIpc) is 2.46. The molecule has 3 unspecified atom stereocenters. The Labute approximate surface area is 119 Å². The van der Waals surface area contributed by atoms with E-state index >= 15 is 0 Å². The summed E-state index contributed by atoms with van der Waals surface area (Å²) in [6.07, 6.45) is 9.71. The molecule has 0 aromatic heterocycles. The number of nitrogens with one attached hydrogen (secondary N) is 1. The maximum absolute atomic E-state index is 5.97. The van der Waals surface area contributed by atoms with Crippen LogP contribution in [0, 0.1) is 0 Å². The Hall–Kier alpha value is -0.120. The van der Waals surface area contributed by atoms with Gasteiger partial charge in [0.15, 0.2) is 0 Å². The third-order valence-electron chi connectivity index (χ3n) is 4.62. The van der Waals surface area contributed by atoms with E-state index < -0.39 is 0 Å². The number of piperidine rings is 1. The summed E-state index contributed by atoms with van der Waals surface area (Å²) in [6, 6.07) is 1.55. The Morgan fingerprint density at radius 1 is 1.16 bits per heavy atom. The second kappa shape index (κ2) is 8.23. The number of rotatable bonds is 6. The first-order valence-electron chi connectivity index (χ1n) is 8.42. The average molecular weight is 268 g/mol. The molecule has 2 aliphatic rings. The third kappa shape index (κ3) is 4.73. The van der Waals surface area contributed by atoms with Crippen molar-refractivity contribution in [2.75, 3.05) is 26.2 Å². The van der Waals surface area contributed by atoms with Gasteiger partial charge in [-0.15, -0.1) is 0 Å². The number of hydrogen-bond donors (Lipinski definition) is 1. The van der Waals surface area contributed by atoms with Gasteiger partial charge in [0, 0.05) is 25.2 Å². The molecule has 2 fully saturated rings. The lowest BCUT2D eigenvalue weighted by Gasteiger charge is -2.42. The summed E-state index contributed by atoms with van der Waals surface area (Å²) in [4.78, 5) is 2.72. The summed E-state index contributed by atoms with van der Waals surface area (Å²) < 4.78 is 5.97. The van der Waals surface area contributed by atoms with Crippen molar-refractivity contribution in [2.45, 2.75) is 77.0 Å². The smallest absolute Gasteiger partial charge is 0.0702 e.